The lowest BCUT2D eigenvalue weighted by molar-refractivity contribution is -0.115. The number of sulfonamides is 2. The van der Waals surface area contributed by atoms with E-state index in [4.69, 9.17) is 0 Å². The first kappa shape index (κ1) is 27.0. The van der Waals surface area contributed by atoms with Gasteiger partial charge in [-0.2, -0.15) is 3.71 Å². The summed E-state index contributed by atoms with van der Waals surface area (Å²) in [6.45, 7) is 1.77. The Bertz CT molecular complexity index is 1860. The zero-order valence-corrected chi connectivity index (χ0v) is 22.7. The van der Waals surface area contributed by atoms with E-state index >= 15 is 4.39 Å². The molecule has 2 heterocycles. The summed E-state index contributed by atoms with van der Waals surface area (Å²) in [6, 6.07) is 22.2. The van der Waals surface area contributed by atoms with Crippen LogP contribution in [-0.2, 0) is 31.3 Å². The van der Waals surface area contributed by atoms with Crippen molar-refractivity contribution in [3.05, 3.63) is 120 Å². The Hall–Kier alpha value is -4.55. The molecule has 0 aliphatic carbocycles. The van der Waals surface area contributed by atoms with Gasteiger partial charge in [-0.05, 0) is 61.5 Å². The zero-order valence-electron chi connectivity index (χ0n) is 21.1. The minimum atomic E-state index is -4.82. The maximum absolute atomic E-state index is 15.3. The second-order valence-electron chi connectivity index (χ2n) is 8.80. The van der Waals surface area contributed by atoms with Crippen LogP contribution < -0.4 is 9.03 Å². The highest BCUT2D eigenvalue weighted by molar-refractivity contribution is 8.10. The molecular formula is C28H23FN4O5S2. The number of amides is 1. The topological polar surface area (TPSA) is 118 Å². The van der Waals surface area contributed by atoms with Gasteiger partial charge in [-0.15, -0.1) is 0 Å². The van der Waals surface area contributed by atoms with Crippen molar-refractivity contribution >= 4 is 43.0 Å². The second-order valence-corrected chi connectivity index (χ2v) is 12.6. The van der Waals surface area contributed by atoms with Gasteiger partial charge in [0.25, 0.3) is 20.0 Å². The number of pyridine rings is 1. The molecule has 0 aliphatic heterocycles. The molecule has 0 atom stereocenters. The van der Waals surface area contributed by atoms with E-state index in [0.29, 0.717) is 17.0 Å². The summed E-state index contributed by atoms with van der Waals surface area (Å²) in [7, 11) is -9.64. The summed E-state index contributed by atoms with van der Waals surface area (Å²) in [5, 5.41) is 2.61. The summed E-state index contributed by atoms with van der Waals surface area (Å²) < 4.78 is 71.9. The van der Waals surface area contributed by atoms with Crippen LogP contribution in [0.1, 0.15) is 11.4 Å². The van der Waals surface area contributed by atoms with Gasteiger partial charge in [0.2, 0.25) is 5.91 Å². The number of rotatable bonds is 8. The standard InChI is InChI=1S/C28H23FN4O5S2/c1-20-25(32-17-9-8-14-27(32)30-20)19-28(34)31-21-15-16-24(29)26(18-21)33(39(35,36)22-10-4-2-5-11-22)40(37,38)23-12-6-3-7-13-23/h2-18H,19H2,1H3,(H,31,34). The Morgan fingerprint density at radius 3 is 2.02 bits per heavy atom. The molecule has 0 fully saturated rings. The first-order valence-electron chi connectivity index (χ1n) is 12.0. The Morgan fingerprint density at radius 1 is 0.850 bits per heavy atom. The van der Waals surface area contributed by atoms with Crippen molar-refractivity contribution in [2.75, 3.05) is 9.03 Å². The van der Waals surface area contributed by atoms with E-state index in [0.717, 1.165) is 12.1 Å². The number of halogens is 1. The van der Waals surface area contributed by atoms with Gasteiger partial charge < -0.3 is 9.72 Å². The number of nitrogens with one attached hydrogen (secondary N) is 1. The molecule has 40 heavy (non-hydrogen) atoms. The molecule has 9 nitrogen and oxygen atoms in total. The average Bonchev–Trinajstić information content (AvgIpc) is 3.26. The molecule has 5 aromatic rings. The second kappa shape index (κ2) is 10.5. The normalized spacial score (nSPS) is 11.8. The van der Waals surface area contributed by atoms with E-state index in [2.05, 4.69) is 10.3 Å². The van der Waals surface area contributed by atoms with Crippen molar-refractivity contribution in [3.63, 3.8) is 0 Å². The van der Waals surface area contributed by atoms with Crippen LogP contribution in [0.2, 0.25) is 0 Å². The third-order valence-electron chi connectivity index (χ3n) is 6.10. The van der Waals surface area contributed by atoms with E-state index in [9.17, 15) is 21.6 Å². The van der Waals surface area contributed by atoms with E-state index < -0.39 is 37.5 Å². The number of benzene rings is 3. The first-order valence-corrected chi connectivity index (χ1v) is 14.9. The SMILES string of the molecule is Cc1nc2ccccn2c1CC(=O)Nc1ccc(F)c(N(S(=O)(=O)c2ccccc2)S(=O)(=O)c2ccccc2)c1. The van der Waals surface area contributed by atoms with Gasteiger partial charge in [-0.1, -0.05) is 42.5 Å². The summed E-state index contributed by atoms with van der Waals surface area (Å²) in [4.78, 5) is 16.7. The van der Waals surface area contributed by atoms with Gasteiger partial charge in [0.15, 0.2) is 0 Å². The minimum absolute atomic E-state index is 0.00407. The van der Waals surface area contributed by atoms with Gasteiger partial charge in [-0.3, -0.25) is 4.79 Å². The van der Waals surface area contributed by atoms with E-state index in [-0.39, 0.29) is 25.6 Å². The van der Waals surface area contributed by atoms with Crippen LogP contribution in [0.5, 0.6) is 0 Å². The smallest absolute Gasteiger partial charge is 0.277 e. The molecule has 1 amide bonds. The van der Waals surface area contributed by atoms with E-state index in [1.54, 1.807) is 41.8 Å². The molecule has 204 valence electrons. The number of anilines is 2. The van der Waals surface area contributed by atoms with Crippen LogP contribution in [0, 0.1) is 12.7 Å². The van der Waals surface area contributed by atoms with Gasteiger partial charge >= 0.3 is 0 Å². The van der Waals surface area contributed by atoms with Crippen LogP contribution in [0.3, 0.4) is 0 Å². The molecule has 3 aromatic carbocycles. The molecule has 0 bridgehead atoms. The number of hydrogen-bond donors (Lipinski definition) is 1. The number of carbonyl (C=O) groups excluding carboxylic acids is 1. The lowest BCUT2D eigenvalue weighted by atomic mass is 10.2. The molecule has 1 N–H and O–H groups in total. The third kappa shape index (κ3) is 5.06. The lowest BCUT2D eigenvalue weighted by Crippen LogP contribution is -2.37. The van der Waals surface area contributed by atoms with Crippen LogP contribution >= 0.6 is 0 Å². The number of imidazole rings is 1. The van der Waals surface area contributed by atoms with Crippen molar-refractivity contribution in [1.29, 1.82) is 0 Å². The summed E-state index contributed by atoms with van der Waals surface area (Å²) in [5.41, 5.74) is 1.19. The predicted octanol–water partition coefficient (Wildman–Crippen LogP) is 4.55. The highest BCUT2D eigenvalue weighted by Crippen LogP contribution is 2.34. The fourth-order valence-corrected chi connectivity index (χ4v) is 7.96. The van der Waals surface area contributed by atoms with Crippen LogP contribution in [0.25, 0.3) is 5.65 Å². The van der Waals surface area contributed by atoms with Crippen molar-refractivity contribution in [3.8, 4) is 0 Å². The molecule has 12 heteroatoms. The molecule has 0 aliphatic rings. The molecule has 0 unspecified atom stereocenters. The Labute approximate surface area is 230 Å². The summed E-state index contributed by atoms with van der Waals surface area (Å²) in [5.74, 6) is -1.61. The lowest BCUT2D eigenvalue weighted by Gasteiger charge is -2.25. The number of aryl methyl sites for hydroxylation is 1. The number of fused-ring (bicyclic) bond motifs is 1. The molecule has 0 saturated carbocycles. The molecule has 0 spiro atoms. The number of hydrogen-bond acceptors (Lipinski definition) is 6. The quantitative estimate of drug-likeness (QED) is 0.289. The number of carbonyl (C=O) groups is 1. The van der Waals surface area contributed by atoms with Crippen molar-refractivity contribution in [2.24, 2.45) is 0 Å². The van der Waals surface area contributed by atoms with Crippen molar-refractivity contribution in [1.82, 2.24) is 9.38 Å². The maximum Gasteiger partial charge on any atom is 0.277 e. The monoisotopic (exact) mass is 578 g/mol. The Kier molecular flexibility index (Phi) is 7.13. The van der Waals surface area contributed by atoms with Gasteiger partial charge in [0.1, 0.15) is 17.2 Å². The zero-order chi connectivity index (χ0) is 28.5. The maximum atomic E-state index is 15.3. The fraction of sp³-hybridized carbons (Fsp3) is 0.0714. The minimum Gasteiger partial charge on any atom is -0.326 e. The highest BCUT2D eigenvalue weighted by atomic mass is 32.3. The van der Waals surface area contributed by atoms with E-state index in [1.807, 2.05) is 6.07 Å². The number of nitrogens with zero attached hydrogens (tertiary/aromatic N) is 3. The van der Waals surface area contributed by atoms with Crippen molar-refractivity contribution in [2.45, 2.75) is 23.1 Å². The van der Waals surface area contributed by atoms with Gasteiger partial charge in [0.05, 0.1) is 27.6 Å². The third-order valence-corrected chi connectivity index (χ3v) is 10.3. The van der Waals surface area contributed by atoms with Crippen molar-refractivity contribution < 1.29 is 26.0 Å². The molecule has 0 saturated heterocycles. The van der Waals surface area contributed by atoms with Gasteiger partial charge in [0, 0.05) is 11.9 Å². The van der Waals surface area contributed by atoms with E-state index in [1.165, 1.54) is 54.6 Å². The van der Waals surface area contributed by atoms with Crippen LogP contribution in [-0.4, -0.2) is 32.1 Å². The van der Waals surface area contributed by atoms with Gasteiger partial charge in [-0.25, -0.2) is 26.2 Å². The number of aromatic nitrogens is 2. The van der Waals surface area contributed by atoms with Crippen LogP contribution in [0.4, 0.5) is 15.8 Å². The largest absolute Gasteiger partial charge is 0.326 e. The Morgan fingerprint density at radius 2 is 1.43 bits per heavy atom. The average molecular weight is 579 g/mol. The summed E-state index contributed by atoms with van der Waals surface area (Å²) >= 11 is 0. The molecule has 2 aromatic heterocycles. The first-order chi connectivity index (χ1) is 19.1. The molecular weight excluding hydrogens is 555 g/mol. The Balaban J connectivity index is 1.56. The summed E-state index contributed by atoms with van der Waals surface area (Å²) in [6.07, 6.45) is 1.69. The molecule has 5 rings (SSSR count). The molecule has 0 radical (unpaired) electrons. The predicted molar refractivity (Wildman–Crippen MR) is 148 cm³/mol. The fourth-order valence-electron chi connectivity index (χ4n) is 4.23. The highest BCUT2D eigenvalue weighted by Gasteiger charge is 2.38. The van der Waals surface area contributed by atoms with Crippen LogP contribution in [0.15, 0.2) is 113 Å².